The van der Waals surface area contributed by atoms with Crippen molar-refractivity contribution in [2.45, 2.75) is 20.1 Å². The van der Waals surface area contributed by atoms with E-state index in [1.807, 2.05) is 6.92 Å². The Hall–Kier alpha value is -3.89. The Morgan fingerprint density at radius 1 is 1.05 bits per heavy atom. The molecule has 0 radical (unpaired) electrons. The van der Waals surface area contributed by atoms with Crippen molar-refractivity contribution in [1.82, 2.24) is 4.90 Å². The molecule has 4 rings (SSSR count). The standard InChI is InChI=1S/C26H20ClFN2O6S/c1-2-35-23-11-17(5-10-22(23)36-15-16-3-8-20(9-4-16)30(33)34)12-24-25(31)29(26(32)37-24)14-18-6-7-19(28)13-21(18)27/h3-13H,2,14-15H2,1H3/b24-12-. The van der Waals surface area contributed by atoms with Crippen molar-refractivity contribution in [2.24, 2.45) is 0 Å². The molecule has 0 saturated carbocycles. The fraction of sp³-hybridized carbons (Fsp3) is 0.154. The second kappa shape index (κ2) is 11.4. The SMILES string of the molecule is CCOc1cc(/C=C2\SC(=O)N(Cc3ccc(F)cc3Cl)C2=O)ccc1OCc1ccc([N+](=O)[O-])cc1. The average molecular weight is 543 g/mol. The molecular formula is C26H20ClFN2O6S. The van der Waals surface area contributed by atoms with E-state index in [1.54, 1.807) is 36.4 Å². The van der Waals surface area contributed by atoms with Gasteiger partial charge >= 0.3 is 0 Å². The van der Waals surface area contributed by atoms with Crippen LogP contribution < -0.4 is 9.47 Å². The number of carbonyl (C=O) groups is 2. The first kappa shape index (κ1) is 26.2. The topological polar surface area (TPSA) is 99.0 Å². The van der Waals surface area contributed by atoms with E-state index in [0.29, 0.717) is 29.2 Å². The lowest BCUT2D eigenvalue weighted by molar-refractivity contribution is -0.384. The van der Waals surface area contributed by atoms with E-state index in [1.165, 1.54) is 24.3 Å². The average Bonchev–Trinajstić information content (AvgIpc) is 3.12. The number of imide groups is 1. The summed E-state index contributed by atoms with van der Waals surface area (Å²) in [6.45, 7) is 2.29. The lowest BCUT2D eigenvalue weighted by Gasteiger charge is -2.14. The van der Waals surface area contributed by atoms with E-state index in [4.69, 9.17) is 21.1 Å². The van der Waals surface area contributed by atoms with E-state index in [0.717, 1.165) is 28.3 Å². The summed E-state index contributed by atoms with van der Waals surface area (Å²) in [5.74, 6) is -0.0909. The Morgan fingerprint density at radius 2 is 1.81 bits per heavy atom. The molecule has 0 N–H and O–H groups in total. The zero-order valence-corrected chi connectivity index (χ0v) is 21.1. The summed E-state index contributed by atoms with van der Waals surface area (Å²) < 4.78 is 24.9. The van der Waals surface area contributed by atoms with Gasteiger partial charge in [-0.3, -0.25) is 24.6 Å². The summed E-state index contributed by atoms with van der Waals surface area (Å²) in [5, 5.41) is 10.5. The van der Waals surface area contributed by atoms with E-state index < -0.39 is 21.9 Å². The normalized spacial score (nSPS) is 14.4. The highest BCUT2D eigenvalue weighted by Gasteiger charge is 2.35. The van der Waals surface area contributed by atoms with Crippen molar-refractivity contribution in [3.63, 3.8) is 0 Å². The molecule has 8 nitrogen and oxygen atoms in total. The third-order valence-corrected chi connectivity index (χ3v) is 6.58. The van der Waals surface area contributed by atoms with Crippen LogP contribution in [0.1, 0.15) is 23.6 Å². The predicted molar refractivity (Wildman–Crippen MR) is 138 cm³/mol. The van der Waals surface area contributed by atoms with Gasteiger partial charge < -0.3 is 9.47 Å². The molecule has 37 heavy (non-hydrogen) atoms. The van der Waals surface area contributed by atoms with Crippen LogP contribution in [0.3, 0.4) is 0 Å². The number of hydrogen-bond acceptors (Lipinski definition) is 7. The van der Waals surface area contributed by atoms with Gasteiger partial charge in [-0.05, 0) is 77.9 Å². The molecule has 1 fully saturated rings. The van der Waals surface area contributed by atoms with Gasteiger partial charge in [-0.2, -0.15) is 0 Å². The highest BCUT2D eigenvalue weighted by molar-refractivity contribution is 8.18. The van der Waals surface area contributed by atoms with E-state index in [9.17, 15) is 24.1 Å². The number of halogens is 2. The maximum atomic E-state index is 13.3. The van der Waals surface area contributed by atoms with Gasteiger partial charge in [-0.25, -0.2) is 4.39 Å². The molecule has 2 amide bonds. The van der Waals surface area contributed by atoms with E-state index >= 15 is 0 Å². The molecule has 1 saturated heterocycles. The third-order valence-electron chi connectivity index (χ3n) is 5.32. The first-order valence-corrected chi connectivity index (χ1v) is 12.3. The molecule has 0 unspecified atom stereocenters. The molecule has 1 heterocycles. The minimum atomic E-state index is -0.506. The molecule has 3 aromatic rings. The maximum Gasteiger partial charge on any atom is 0.293 e. The minimum Gasteiger partial charge on any atom is -0.490 e. The summed E-state index contributed by atoms with van der Waals surface area (Å²) in [6, 6.07) is 14.9. The van der Waals surface area contributed by atoms with Crippen LogP contribution in [0, 0.1) is 15.9 Å². The fourth-order valence-electron chi connectivity index (χ4n) is 3.48. The summed E-state index contributed by atoms with van der Waals surface area (Å²) in [4.78, 5) is 37.0. The molecule has 1 aliphatic heterocycles. The smallest absolute Gasteiger partial charge is 0.293 e. The molecule has 11 heteroatoms. The minimum absolute atomic E-state index is 0.00622. The number of nitrogens with zero attached hydrogens (tertiary/aromatic N) is 2. The fourth-order valence-corrected chi connectivity index (χ4v) is 4.55. The van der Waals surface area contributed by atoms with Crippen molar-refractivity contribution >= 4 is 46.3 Å². The van der Waals surface area contributed by atoms with E-state index in [-0.39, 0.29) is 28.8 Å². The monoisotopic (exact) mass is 542 g/mol. The maximum absolute atomic E-state index is 13.3. The Morgan fingerprint density at radius 3 is 2.49 bits per heavy atom. The quantitative estimate of drug-likeness (QED) is 0.170. The van der Waals surface area contributed by atoms with Crippen LogP contribution in [-0.2, 0) is 17.9 Å². The van der Waals surface area contributed by atoms with Gasteiger partial charge in [0.1, 0.15) is 12.4 Å². The van der Waals surface area contributed by atoms with Gasteiger partial charge in [0, 0.05) is 17.2 Å². The largest absolute Gasteiger partial charge is 0.490 e. The molecule has 3 aromatic carbocycles. The Kier molecular flexibility index (Phi) is 8.10. The van der Waals surface area contributed by atoms with Crippen molar-refractivity contribution < 1.29 is 28.4 Å². The molecule has 0 atom stereocenters. The number of ether oxygens (including phenoxy) is 2. The number of nitro groups is 1. The van der Waals surface area contributed by atoms with Crippen LogP contribution in [-0.4, -0.2) is 27.6 Å². The number of thioether (sulfide) groups is 1. The third kappa shape index (κ3) is 6.28. The van der Waals surface area contributed by atoms with Crippen LogP contribution in [0.5, 0.6) is 11.5 Å². The highest BCUT2D eigenvalue weighted by Crippen LogP contribution is 2.36. The number of rotatable bonds is 9. The molecule has 190 valence electrons. The number of benzene rings is 3. The van der Waals surface area contributed by atoms with Crippen molar-refractivity contribution in [1.29, 1.82) is 0 Å². The molecule has 0 spiro atoms. The van der Waals surface area contributed by atoms with Crippen LogP contribution >= 0.6 is 23.4 Å². The number of carbonyl (C=O) groups excluding carboxylic acids is 2. The molecule has 0 aromatic heterocycles. The molecule has 0 bridgehead atoms. The molecular weight excluding hydrogens is 523 g/mol. The first-order chi connectivity index (χ1) is 17.7. The number of hydrogen-bond donors (Lipinski definition) is 0. The van der Waals surface area contributed by atoms with Crippen molar-refractivity contribution in [3.05, 3.63) is 103 Å². The summed E-state index contributed by atoms with van der Waals surface area (Å²) in [7, 11) is 0. The number of amides is 2. The Bertz CT molecular complexity index is 1400. The van der Waals surface area contributed by atoms with Crippen LogP contribution in [0.4, 0.5) is 14.9 Å². The Labute approximate surface area is 220 Å². The van der Waals surface area contributed by atoms with Crippen LogP contribution in [0.25, 0.3) is 6.08 Å². The first-order valence-electron chi connectivity index (χ1n) is 11.1. The summed E-state index contributed by atoms with van der Waals surface area (Å²) >= 11 is 6.85. The highest BCUT2D eigenvalue weighted by atomic mass is 35.5. The van der Waals surface area contributed by atoms with Crippen molar-refractivity contribution in [3.8, 4) is 11.5 Å². The van der Waals surface area contributed by atoms with Gasteiger partial charge in [0.25, 0.3) is 16.8 Å². The zero-order chi connectivity index (χ0) is 26.5. The summed E-state index contributed by atoms with van der Waals surface area (Å²) in [5.41, 5.74) is 1.82. The van der Waals surface area contributed by atoms with Crippen molar-refractivity contribution in [2.75, 3.05) is 6.61 Å². The van der Waals surface area contributed by atoms with Gasteiger partial charge in [-0.15, -0.1) is 0 Å². The van der Waals surface area contributed by atoms with Crippen LogP contribution in [0.15, 0.2) is 65.6 Å². The second-order valence-corrected chi connectivity index (χ2v) is 9.26. The van der Waals surface area contributed by atoms with Gasteiger partial charge in [0.05, 0.1) is 23.0 Å². The Balaban J connectivity index is 1.49. The van der Waals surface area contributed by atoms with Crippen LogP contribution in [0.2, 0.25) is 5.02 Å². The van der Waals surface area contributed by atoms with Gasteiger partial charge in [-0.1, -0.05) is 23.7 Å². The molecule has 0 aliphatic carbocycles. The lowest BCUT2D eigenvalue weighted by atomic mass is 10.1. The number of non-ortho nitro benzene ring substituents is 1. The second-order valence-electron chi connectivity index (χ2n) is 7.86. The molecule has 1 aliphatic rings. The lowest BCUT2D eigenvalue weighted by Crippen LogP contribution is -2.27. The number of nitro benzene ring substituents is 1. The van der Waals surface area contributed by atoms with Gasteiger partial charge in [0.2, 0.25) is 0 Å². The van der Waals surface area contributed by atoms with E-state index in [2.05, 4.69) is 0 Å². The van der Waals surface area contributed by atoms with Gasteiger partial charge in [0.15, 0.2) is 11.5 Å². The zero-order valence-electron chi connectivity index (χ0n) is 19.5. The summed E-state index contributed by atoms with van der Waals surface area (Å²) in [6.07, 6.45) is 1.58. The predicted octanol–water partition coefficient (Wildman–Crippen LogP) is 6.60.